The van der Waals surface area contributed by atoms with Crippen LogP contribution in [-0.2, 0) is 33.4 Å². The first-order chi connectivity index (χ1) is 11.4. The summed E-state index contributed by atoms with van der Waals surface area (Å²) in [5.41, 5.74) is 5.32. The van der Waals surface area contributed by atoms with Crippen LogP contribution in [0.4, 0.5) is 0 Å². The standard InChI is InChI=1S/C15H24N2O7/c1-3-23-11(18)7-10(15(21)24-4-2)12(13(16)19)17-14(20)9-5-6-22-8-9/h9-10,12H,3-8H2,1-2H3,(H2,16,19)(H,17,20)/t9-,10-,12+/m1/s1. The fourth-order valence-corrected chi connectivity index (χ4v) is 2.37. The van der Waals surface area contributed by atoms with Gasteiger partial charge >= 0.3 is 11.9 Å². The summed E-state index contributed by atoms with van der Waals surface area (Å²) >= 11 is 0. The third-order valence-electron chi connectivity index (χ3n) is 3.59. The maximum Gasteiger partial charge on any atom is 0.312 e. The highest BCUT2D eigenvalue weighted by Crippen LogP contribution is 2.17. The summed E-state index contributed by atoms with van der Waals surface area (Å²) in [6.07, 6.45) is 0.0982. The van der Waals surface area contributed by atoms with Crippen molar-refractivity contribution < 1.29 is 33.4 Å². The van der Waals surface area contributed by atoms with E-state index >= 15 is 0 Å². The van der Waals surface area contributed by atoms with Crippen molar-refractivity contribution in [1.29, 1.82) is 0 Å². The Kier molecular flexibility index (Phi) is 8.17. The first kappa shape index (κ1) is 19.9. The van der Waals surface area contributed by atoms with Gasteiger partial charge < -0.3 is 25.3 Å². The van der Waals surface area contributed by atoms with Crippen LogP contribution >= 0.6 is 0 Å². The number of carbonyl (C=O) groups excluding carboxylic acids is 4. The van der Waals surface area contributed by atoms with Crippen molar-refractivity contribution in [1.82, 2.24) is 5.32 Å². The molecule has 136 valence electrons. The van der Waals surface area contributed by atoms with E-state index in [0.717, 1.165) is 0 Å². The molecule has 1 aliphatic heterocycles. The molecule has 9 nitrogen and oxygen atoms in total. The molecule has 0 unspecified atom stereocenters. The lowest BCUT2D eigenvalue weighted by Gasteiger charge is -2.24. The Hall–Kier alpha value is -2.16. The second kappa shape index (κ2) is 9.86. The molecule has 24 heavy (non-hydrogen) atoms. The highest BCUT2D eigenvalue weighted by molar-refractivity contribution is 5.93. The van der Waals surface area contributed by atoms with E-state index in [4.69, 9.17) is 19.9 Å². The third kappa shape index (κ3) is 5.80. The quantitative estimate of drug-likeness (QED) is 0.519. The average Bonchev–Trinajstić information content (AvgIpc) is 3.05. The molecule has 0 radical (unpaired) electrons. The zero-order valence-electron chi connectivity index (χ0n) is 13.9. The van der Waals surface area contributed by atoms with Gasteiger partial charge in [-0.2, -0.15) is 0 Å². The van der Waals surface area contributed by atoms with Crippen LogP contribution in [-0.4, -0.2) is 56.2 Å². The third-order valence-corrected chi connectivity index (χ3v) is 3.59. The van der Waals surface area contributed by atoms with Crippen LogP contribution in [0.25, 0.3) is 0 Å². The number of amides is 2. The molecule has 0 aliphatic carbocycles. The van der Waals surface area contributed by atoms with Crippen molar-refractivity contribution in [3.05, 3.63) is 0 Å². The average molecular weight is 344 g/mol. The number of nitrogens with two attached hydrogens (primary N) is 1. The molecule has 2 amide bonds. The number of carbonyl (C=O) groups is 4. The fraction of sp³-hybridized carbons (Fsp3) is 0.733. The molecule has 0 bridgehead atoms. The summed E-state index contributed by atoms with van der Waals surface area (Å²) < 4.78 is 14.8. The summed E-state index contributed by atoms with van der Waals surface area (Å²) in [5, 5.41) is 2.44. The molecule has 1 fully saturated rings. The summed E-state index contributed by atoms with van der Waals surface area (Å²) in [4.78, 5) is 47.8. The molecule has 0 aromatic rings. The van der Waals surface area contributed by atoms with E-state index in [1.165, 1.54) is 0 Å². The lowest BCUT2D eigenvalue weighted by molar-refractivity contribution is -0.157. The van der Waals surface area contributed by atoms with Gasteiger partial charge in [-0.3, -0.25) is 19.2 Å². The Balaban J connectivity index is 2.89. The first-order valence-electron chi connectivity index (χ1n) is 7.90. The Morgan fingerprint density at radius 1 is 1.21 bits per heavy atom. The van der Waals surface area contributed by atoms with Crippen LogP contribution < -0.4 is 11.1 Å². The van der Waals surface area contributed by atoms with Crippen molar-refractivity contribution >= 4 is 23.8 Å². The van der Waals surface area contributed by atoms with Gasteiger partial charge in [0.2, 0.25) is 11.8 Å². The molecule has 0 aromatic carbocycles. The molecule has 3 N–H and O–H groups in total. The van der Waals surface area contributed by atoms with Gasteiger partial charge in [-0.1, -0.05) is 0 Å². The van der Waals surface area contributed by atoms with Crippen LogP contribution in [0, 0.1) is 11.8 Å². The topological polar surface area (TPSA) is 134 Å². The van der Waals surface area contributed by atoms with E-state index in [-0.39, 0.29) is 19.8 Å². The van der Waals surface area contributed by atoms with Gasteiger partial charge in [0.15, 0.2) is 0 Å². The van der Waals surface area contributed by atoms with Crippen molar-refractivity contribution in [3.63, 3.8) is 0 Å². The van der Waals surface area contributed by atoms with Gasteiger partial charge in [0, 0.05) is 6.61 Å². The maximum atomic E-state index is 12.2. The minimum absolute atomic E-state index is 0.0635. The molecule has 1 heterocycles. The number of ether oxygens (including phenoxy) is 3. The zero-order valence-corrected chi connectivity index (χ0v) is 13.9. The largest absolute Gasteiger partial charge is 0.466 e. The Labute approximate surface area is 140 Å². The second-order valence-corrected chi connectivity index (χ2v) is 5.32. The zero-order chi connectivity index (χ0) is 18.1. The number of esters is 2. The highest BCUT2D eigenvalue weighted by atomic mass is 16.5. The Morgan fingerprint density at radius 3 is 2.38 bits per heavy atom. The van der Waals surface area contributed by atoms with E-state index in [0.29, 0.717) is 13.0 Å². The monoisotopic (exact) mass is 344 g/mol. The van der Waals surface area contributed by atoms with E-state index < -0.39 is 48.1 Å². The predicted molar refractivity (Wildman–Crippen MR) is 81.4 cm³/mol. The SMILES string of the molecule is CCOC(=O)C[C@@H](C(=O)OCC)[C@H](NC(=O)[C@@H]1CCOC1)C(N)=O. The number of nitrogens with one attached hydrogen (secondary N) is 1. The summed E-state index contributed by atoms with van der Waals surface area (Å²) in [6.45, 7) is 4.08. The molecule has 1 rings (SSSR count). The minimum atomic E-state index is -1.36. The minimum Gasteiger partial charge on any atom is -0.466 e. The van der Waals surface area contributed by atoms with Crippen molar-refractivity contribution in [2.24, 2.45) is 17.6 Å². The van der Waals surface area contributed by atoms with Crippen molar-refractivity contribution in [2.75, 3.05) is 26.4 Å². The molecule has 1 saturated heterocycles. The number of hydrogen-bond acceptors (Lipinski definition) is 7. The van der Waals surface area contributed by atoms with Crippen molar-refractivity contribution in [2.45, 2.75) is 32.7 Å². The van der Waals surface area contributed by atoms with Gasteiger partial charge in [-0.05, 0) is 20.3 Å². The highest BCUT2D eigenvalue weighted by Gasteiger charge is 2.38. The normalized spacial score (nSPS) is 19.2. The van der Waals surface area contributed by atoms with Gasteiger partial charge in [-0.25, -0.2) is 0 Å². The summed E-state index contributed by atoms with van der Waals surface area (Å²) in [5.74, 6) is -4.51. The van der Waals surface area contributed by atoms with Crippen LogP contribution in [0.1, 0.15) is 26.7 Å². The lowest BCUT2D eigenvalue weighted by Crippen LogP contribution is -2.53. The fourth-order valence-electron chi connectivity index (χ4n) is 2.37. The first-order valence-corrected chi connectivity index (χ1v) is 7.90. The van der Waals surface area contributed by atoms with Crippen LogP contribution in [0.3, 0.4) is 0 Å². The number of rotatable bonds is 9. The smallest absolute Gasteiger partial charge is 0.312 e. The summed E-state index contributed by atoms with van der Waals surface area (Å²) in [6, 6.07) is -1.36. The van der Waals surface area contributed by atoms with E-state index in [1.54, 1.807) is 13.8 Å². The molecular weight excluding hydrogens is 320 g/mol. The lowest BCUT2D eigenvalue weighted by atomic mass is 9.94. The van der Waals surface area contributed by atoms with E-state index in [1.807, 2.05) is 0 Å². The van der Waals surface area contributed by atoms with Crippen LogP contribution in [0.15, 0.2) is 0 Å². The molecule has 0 saturated carbocycles. The predicted octanol–water partition coefficient (Wildman–Crippen LogP) is -0.874. The molecule has 1 aliphatic rings. The summed E-state index contributed by atoms with van der Waals surface area (Å²) in [7, 11) is 0. The maximum absolute atomic E-state index is 12.2. The second-order valence-electron chi connectivity index (χ2n) is 5.32. The molecule has 3 atom stereocenters. The van der Waals surface area contributed by atoms with Crippen molar-refractivity contribution in [3.8, 4) is 0 Å². The van der Waals surface area contributed by atoms with E-state index in [9.17, 15) is 19.2 Å². The van der Waals surface area contributed by atoms with Gasteiger partial charge in [0.25, 0.3) is 0 Å². The number of hydrogen-bond donors (Lipinski definition) is 2. The molecule has 9 heteroatoms. The van der Waals surface area contributed by atoms with Gasteiger partial charge in [0.1, 0.15) is 6.04 Å². The number of primary amides is 1. The van der Waals surface area contributed by atoms with E-state index in [2.05, 4.69) is 5.32 Å². The Bertz CT molecular complexity index is 474. The molecule has 0 aromatic heterocycles. The van der Waals surface area contributed by atoms with Crippen LogP contribution in [0.5, 0.6) is 0 Å². The Morgan fingerprint density at radius 2 is 1.88 bits per heavy atom. The van der Waals surface area contributed by atoms with Gasteiger partial charge in [-0.15, -0.1) is 0 Å². The van der Waals surface area contributed by atoms with Gasteiger partial charge in [0.05, 0.1) is 38.1 Å². The van der Waals surface area contributed by atoms with Crippen LogP contribution in [0.2, 0.25) is 0 Å². The molecule has 0 spiro atoms. The molecular formula is C15H24N2O7.